The van der Waals surface area contributed by atoms with E-state index in [4.69, 9.17) is 9.47 Å². The minimum atomic E-state index is -0.119. The van der Waals surface area contributed by atoms with Crippen LogP contribution >= 0.6 is 24.0 Å². The van der Waals surface area contributed by atoms with Crippen LogP contribution in [0.5, 0.6) is 11.5 Å². The van der Waals surface area contributed by atoms with Gasteiger partial charge in [-0.2, -0.15) is 0 Å². The van der Waals surface area contributed by atoms with Gasteiger partial charge in [0.25, 0.3) is 0 Å². The quantitative estimate of drug-likeness (QED) is 0.288. The molecule has 8 heteroatoms. The van der Waals surface area contributed by atoms with Gasteiger partial charge >= 0.3 is 0 Å². The molecular weight excluding hydrogens is 483 g/mol. The number of benzene rings is 2. The molecule has 7 nitrogen and oxygen atoms in total. The van der Waals surface area contributed by atoms with Crippen LogP contribution in [0.15, 0.2) is 47.5 Å². The highest BCUT2D eigenvalue weighted by Crippen LogP contribution is 2.19. The van der Waals surface area contributed by atoms with Crippen molar-refractivity contribution in [2.75, 3.05) is 27.8 Å². The molecule has 29 heavy (non-hydrogen) atoms. The second-order valence-corrected chi connectivity index (χ2v) is 6.22. The summed E-state index contributed by atoms with van der Waals surface area (Å²) in [5, 5.41) is 9.06. The zero-order chi connectivity index (χ0) is 20.4. The van der Waals surface area contributed by atoms with E-state index in [1.807, 2.05) is 49.4 Å². The van der Waals surface area contributed by atoms with Crippen LogP contribution in [0.4, 0.5) is 0 Å². The monoisotopic (exact) mass is 512 g/mol. The van der Waals surface area contributed by atoms with Gasteiger partial charge in [-0.1, -0.05) is 24.3 Å². The van der Waals surface area contributed by atoms with E-state index < -0.39 is 0 Å². The van der Waals surface area contributed by atoms with Crippen molar-refractivity contribution in [3.05, 3.63) is 59.2 Å². The fourth-order valence-electron chi connectivity index (χ4n) is 2.57. The average Bonchev–Trinajstić information content (AvgIpc) is 2.73. The van der Waals surface area contributed by atoms with Gasteiger partial charge in [-0.05, 0) is 36.2 Å². The van der Waals surface area contributed by atoms with Crippen LogP contribution in [0.3, 0.4) is 0 Å². The molecule has 2 rings (SSSR count). The topological polar surface area (TPSA) is 84.0 Å². The first-order valence-corrected chi connectivity index (χ1v) is 9.03. The third kappa shape index (κ3) is 8.18. The number of carbonyl (C=O) groups excluding carboxylic acids is 1. The van der Waals surface area contributed by atoms with Crippen molar-refractivity contribution < 1.29 is 14.3 Å². The summed E-state index contributed by atoms with van der Waals surface area (Å²) in [6.45, 7) is 3.14. The van der Waals surface area contributed by atoms with Crippen molar-refractivity contribution >= 4 is 35.8 Å². The predicted molar refractivity (Wildman–Crippen MR) is 126 cm³/mol. The number of hydrogen-bond donors (Lipinski definition) is 3. The molecule has 0 fully saturated rings. The SMILES string of the molecule is CN=C(NCC(=O)NCc1ccc(OC)cc1)NCc1ccc(C)cc1OC.I. The Hall–Kier alpha value is -2.49. The lowest BCUT2D eigenvalue weighted by molar-refractivity contribution is -0.120. The van der Waals surface area contributed by atoms with Gasteiger partial charge in [0.2, 0.25) is 5.91 Å². The number of nitrogens with one attached hydrogen (secondary N) is 3. The van der Waals surface area contributed by atoms with Gasteiger partial charge in [0, 0.05) is 25.7 Å². The molecule has 0 aliphatic carbocycles. The Kier molecular flexibility index (Phi) is 10.9. The van der Waals surface area contributed by atoms with Crippen LogP contribution < -0.4 is 25.4 Å². The molecule has 158 valence electrons. The number of guanidine groups is 1. The molecule has 2 aromatic rings. The van der Waals surface area contributed by atoms with Crippen LogP contribution in [0.1, 0.15) is 16.7 Å². The van der Waals surface area contributed by atoms with E-state index >= 15 is 0 Å². The molecule has 0 saturated carbocycles. The normalized spacial score (nSPS) is 10.6. The van der Waals surface area contributed by atoms with E-state index in [0.717, 1.165) is 28.2 Å². The minimum absolute atomic E-state index is 0. The van der Waals surface area contributed by atoms with Gasteiger partial charge in [-0.3, -0.25) is 9.79 Å². The summed E-state index contributed by atoms with van der Waals surface area (Å²) in [6.07, 6.45) is 0. The van der Waals surface area contributed by atoms with Crippen LogP contribution in [-0.2, 0) is 17.9 Å². The van der Waals surface area contributed by atoms with Crippen molar-refractivity contribution in [1.82, 2.24) is 16.0 Å². The fourth-order valence-corrected chi connectivity index (χ4v) is 2.57. The molecule has 0 aliphatic rings. The maximum absolute atomic E-state index is 12.1. The molecule has 0 spiro atoms. The van der Waals surface area contributed by atoms with Crippen LogP contribution in [-0.4, -0.2) is 39.7 Å². The Balaban J connectivity index is 0.00000420. The molecule has 0 aromatic heterocycles. The van der Waals surface area contributed by atoms with Gasteiger partial charge in [-0.25, -0.2) is 0 Å². The van der Waals surface area contributed by atoms with Gasteiger partial charge in [0.15, 0.2) is 5.96 Å². The number of hydrogen-bond acceptors (Lipinski definition) is 4. The summed E-state index contributed by atoms with van der Waals surface area (Å²) in [6, 6.07) is 13.6. The summed E-state index contributed by atoms with van der Waals surface area (Å²) >= 11 is 0. The summed E-state index contributed by atoms with van der Waals surface area (Å²) < 4.78 is 10.5. The van der Waals surface area contributed by atoms with Gasteiger partial charge in [-0.15, -0.1) is 24.0 Å². The molecule has 0 unspecified atom stereocenters. The smallest absolute Gasteiger partial charge is 0.239 e. The molecule has 0 aliphatic heterocycles. The number of methoxy groups -OCH3 is 2. The van der Waals surface area contributed by atoms with Gasteiger partial charge < -0.3 is 25.4 Å². The van der Waals surface area contributed by atoms with Crippen molar-refractivity contribution in [2.24, 2.45) is 4.99 Å². The maximum atomic E-state index is 12.1. The van der Waals surface area contributed by atoms with E-state index in [2.05, 4.69) is 20.9 Å². The number of rotatable bonds is 8. The van der Waals surface area contributed by atoms with Crippen molar-refractivity contribution in [1.29, 1.82) is 0 Å². The highest BCUT2D eigenvalue weighted by Gasteiger charge is 2.07. The van der Waals surface area contributed by atoms with E-state index in [0.29, 0.717) is 19.0 Å². The lowest BCUT2D eigenvalue weighted by Gasteiger charge is -2.14. The zero-order valence-electron chi connectivity index (χ0n) is 17.2. The molecule has 2 aromatic carbocycles. The number of amides is 1. The van der Waals surface area contributed by atoms with Crippen molar-refractivity contribution in [2.45, 2.75) is 20.0 Å². The van der Waals surface area contributed by atoms with Crippen molar-refractivity contribution in [3.8, 4) is 11.5 Å². The van der Waals surface area contributed by atoms with Gasteiger partial charge in [0.05, 0.1) is 20.8 Å². The average molecular weight is 512 g/mol. The van der Waals surface area contributed by atoms with E-state index in [9.17, 15) is 4.79 Å². The van der Waals surface area contributed by atoms with Crippen molar-refractivity contribution in [3.63, 3.8) is 0 Å². The molecule has 0 atom stereocenters. The number of nitrogens with zero attached hydrogens (tertiary/aromatic N) is 1. The maximum Gasteiger partial charge on any atom is 0.239 e. The molecule has 3 N–H and O–H groups in total. The zero-order valence-corrected chi connectivity index (χ0v) is 19.6. The Morgan fingerprint density at radius 2 is 1.69 bits per heavy atom. The fraction of sp³-hybridized carbons (Fsp3) is 0.333. The Labute approximate surface area is 189 Å². The first-order valence-electron chi connectivity index (χ1n) is 9.03. The highest BCUT2D eigenvalue weighted by molar-refractivity contribution is 14.0. The predicted octanol–water partition coefficient (Wildman–Crippen LogP) is 2.61. The molecular formula is C21H29IN4O3. The second-order valence-electron chi connectivity index (χ2n) is 6.22. The molecule has 0 saturated heterocycles. The highest BCUT2D eigenvalue weighted by atomic mass is 127. The lowest BCUT2D eigenvalue weighted by Crippen LogP contribution is -2.42. The Morgan fingerprint density at radius 1 is 0.966 bits per heavy atom. The third-order valence-corrected chi connectivity index (χ3v) is 4.18. The first-order chi connectivity index (χ1) is 13.5. The van der Waals surface area contributed by atoms with Gasteiger partial charge in [0.1, 0.15) is 11.5 Å². The van der Waals surface area contributed by atoms with Crippen LogP contribution in [0.2, 0.25) is 0 Å². The first kappa shape index (κ1) is 24.5. The second kappa shape index (κ2) is 12.9. The minimum Gasteiger partial charge on any atom is -0.497 e. The Morgan fingerprint density at radius 3 is 2.31 bits per heavy atom. The number of aryl methyl sites for hydroxylation is 1. The number of aliphatic imine (C=N–C) groups is 1. The summed E-state index contributed by atoms with van der Waals surface area (Å²) in [5.74, 6) is 2.03. The summed E-state index contributed by atoms with van der Waals surface area (Å²) in [7, 11) is 4.94. The van der Waals surface area contributed by atoms with E-state index in [-0.39, 0.29) is 36.4 Å². The largest absolute Gasteiger partial charge is 0.497 e. The summed E-state index contributed by atoms with van der Waals surface area (Å²) in [5.41, 5.74) is 3.15. The number of carbonyl (C=O) groups is 1. The third-order valence-electron chi connectivity index (χ3n) is 4.18. The summed E-state index contributed by atoms with van der Waals surface area (Å²) in [4.78, 5) is 16.2. The molecule has 0 bridgehead atoms. The number of halogens is 1. The van der Waals surface area contributed by atoms with E-state index in [1.165, 1.54) is 0 Å². The number of ether oxygens (including phenoxy) is 2. The van der Waals surface area contributed by atoms with Crippen LogP contribution in [0.25, 0.3) is 0 Å². The van der Waals surface area contributed by atoms with Crippen LogP contribution in [0, 0.1) is 6.92 Å². The Bertz CT molecular complexity index is 810. The standard InChI is InChI=1S/C21H28N4O3.HI/c1-15-5-8-17(19(11-15)28-4)13-24-21(22-2)25-14-20(26)23-12-16-6-9-18(27-3)10-7-16;/h5-11H,12-14H2,1-4H3,(H,23,26)(H2,22,24,25);1H. The molecule has 0 radical (unpaired) electrons. The molecule has 0 heterocycles. The van der Waals surface area contributed by atoms with E-state index in [1.54, 1.807) is 21.3 Å². The molecule has 1 amide bonds. The lowest BCUT2D eigenvalue weighted by atomic mass is 10.1.